The van der Waals surface area contributed by atoms with Gasteiger partial charge < -0.3 is 10.2 Å². The Hall–Kier alpha value is -0.570. The van der Waals surface area contributed by atoms with Gasteiger partial charge in [0.05, 0.1) is 11.5 Å². The van der Waals surface area contributed by atoms with Crippen LogP contribution in [0.2, 0.25) is 0 Å². The summed E-state index contributed by atoms with van der Waals surface area (Å²) in [5.41, 5.74) is -0.657. The van der Waals surface area contributed by atoms with Crippen LogP contribution in [-0.4, -0.2) is 21.8 Å². The zero-order valence-corrected chi connectivity index (χ0v) is 9.54. The minimum atomic E-state index is -0.759. The molecular formula is C12H22O3. The monoisotopic (exact) mass is 214 g/mol. The van der Waals surface area contributed by atoms with Gasteiger partial charge in [0.15, 0.2) is 0 Å². The maximum atomic E-state index is 10.6. The molecule has 0 saturated heterocycles. The van der Waals surface area contributed by atoms with E-state index in [1.165, 1.54) is 19.3 Å². The standard InChI is InChI=1S/C12H22O3/c1-2-3-4-5-6-7-12(15)8-10(9-12)11(13)14/h10,15H,2-9H2,1H3,(H,13,14). The van der Waals surface area contributed by atoms with Crippen LogP contribution in [0.4, 0.5) is 0 Å². The van der Waals surface area contributed by atoms with Crippen LogP contribution in [0.1, 0.15) is 58.3 Å². The summed E-state index contributed by atoms with van der Waals surface area (Å²) < 4.78 is 0. The molecule has 0 radical (unpaired) electrons. The number of carbonyl (C=O) groups is 1. The first-order valence-corrected chi connectivity index (χ1v) is 6.02. The highest BCUT2D eigenvalue weighted by Crippen LogP contribution is 2.41. The Labute approximate surface area is 91.5 Å². The highest BCUT2D eigenvalue weighted by molar-refractivity contribution is 5.71. The predicted molar refractivity (Wildman–Crippen MR) is 58.7 cm³/mol. The summed E-state index contributed by atoms with van der Waals surface area (Å²) in [6.45, 7) is 2.18. The van der Waals surface area contributed by atoms with Crippen LogP contribution in [0.5, 0.6) is 0 Å². The zero-order valence-electron chi connectivity index (χ0n) is 9.54. The Kier molecular flexibility index (Phi) is 4.58. The topological polar surface area (TPSA) is 57.5 Å². The van der Waals surface area contributed by atoms with Crippen molar-refractivity contribution in [2.75, 3.05) is 0 Å². The summed E-state index contributed by atoms with van der Waals surface area (Å²) in [7, 11) is 0. The van der Waals surface area contributed by atoms with Gasteiger partial charge in [-0.05, 0) is 19.3 Å². The molecular weight excluding hydrogens is 192 g/mol. The van der Waals surface area contributed by atoms with E-state index < -0.39 is 11.6 Å². The van der Waals surface area contributed by atoms with Crippen molar-refractivity contribution < 1.29 is 15.0 Å². The molecule has 0 aromatic heterocycles. The van der Waals surface area contributed by atoms with Crippen molar-refractivity contribution in [1.82, 2.24) is 0 Å². The summed E-state index contributed by atoms with van der Waals surface area (Å²) in [6.07, 6.45) is 7.60. The third-order valence-electron chi connectivity index (χ3n) is 3.35. The van der Waals surface area contributed by atoms with Crippen LogP contribution in [0, 0.1) is 5.92 Å². The summed E-state index contributed by atoms with van der Waals surface area (Å²) in [5.74, 6) is -1.06. The summed E-state index contributed by atoms with van der Waals surface area (Å²) in [4.78, 5) is 10.6. The molecule has 15 heavy (non-hydrogen) atoms. The Balaban J connectivity index is 2.05. The number of rotatable bonds is 7. The van der Waals surface area contributed by atoms with Crippen LogP contribution in [0.25, 0.3) is 0 Å². The Bertz CT molecular complexity index is 207. The molecule has 0 spiro atoms. The third kappa shape index (κ3) is 3.82. The van der Waals surface area contributed by atoms with Crippen molar-refractivity contribution in [3.8, 4) is 0 Å². The molecule has 1 rings (SSSR count). The van der Waals surface area contributed by atoms with E-state index in [9.17, 15) is 9.90 Å². The quantitative estimate of drug-likeness (QED) is 0.640. The third-order valence-corrected chi connectivity index (χ3v) is 3.35. The highest BCUT2D eigenvalue weighted by Gasteiger charge is 2.45. The average molecular weight is 214 g/mol. The lowest BCUT2D eigenvalue weighted by Crippen LogP contribution is -2.46. The smallest absolute Gasteiger partial charge is 0.306 e. The van der Waals surface area contributed by atoms with E-state index in [-0.39, 0.29) is 5.92 Å². The molecule has 0 aromatic rings. The number of hydrogen-bond donors (Lipinski definition) is 2. The van der Waals surface area contributed by atoms with Crippen molar-refractivity contribution in [3.05, 3.63) is 0 Å². The molecule has 0 aliphatic heterocycles. The van der Waals surface area contributed by atoms with Gasteiger partial charge in [0.1, 0.15) is 0 Å². The molecule has 88 valence electrons. The van der Waals surface area contributed by atoms with Crippen LogP contribution in [-0.2, 0) is 4.79 Å². The molecule has 1 aliphatic carbocycles. The molecule has 3 heteroatoms. The van der Waals surface area contributed by atoms with Gasteiger partial charge in [-0.15, -0.1) is 0 Å². The lowest BCUT2D eigenvalue weighted by molar-refractivity contribution is -0.159. The molecule has 0 aromatic carbocycles. The first-order chi connectivity index (χ1) is 7.07. The van der Waals surface area contributed by atoms with Gasteiger partial charge in [0.25, 0.3) is 0 Å². The second kappa shape index (κ2) is 5.50. The predicted octanol–water partition coefficient (Wildman–Crippen LogP) is 2.57. The van der Waals surface area contributed by atoms with Gasteiger partial charge in [-0.25, -0.2) is 0 Å². The van der Waals surface area contributed by atoms with Gasteiger partial charge >= 0.3 is 5.97 Å². The van der Waals surface area contributed by atoms with Gasteiger partial charge in [-0.1, -0.05) is 39.0 Å². The number of carboxylic acid groups (broad SMARTS) is 1. The van der Waals surface area contributed by atoms with Crippen molar-refractivity contribution in [2.45, 2.75) is 63.9 Å². The van der Waals surface area contributed by atoms with E-state index >= 15 is 0 Å². The lowest BCUT2D eigenvalue weighted by Gasteiger charge is -2.41. The molecule has 1 aliphatic rings. The minimum Gasteiger partial charge on any atom is -0.481 e. The number of hydrogen-bond acceptors (Lipinski definition) is 2. The van der Waals surface area contributed by atoms with Gasteiger partial charge in [0, 0.05) is 0 Å². The Morgan fingerprint density at radius 3 is 2.40 bits per heavy atom. The number of carboxylic acids is 1. The molecule has 0 heterocycles. The fourth-order valence-corrected chi connectivity index (χ4v) is 2.29. The summed E-state index contributed by atoms with van der Waals surface area (Å²) >= 11 is 0. The van der Waals surface area contributed by atoms with Crippen LogP contribution < -0.4 is 0 Å². The molecule has 1 fully saturated rings. The van der Waals surface area contributed by atoms with E-state index in [0.29, 0.717) is 12.8 Å². The maximum absolute atomic E-state index is 10.6. The Morgan fingerprint density at radius 1 is 1.27 bits per heavy atom. The fourth-order valence-electron chi connectivity index (χ4n) is 2.29. The average Bonchev–Trinajstić information content (AvgIpc) is 2.13. The maximum Gasteiger partial charge on any atom is 0.306 e. The summed E-state index contributed by atoms with van der Waals surface area (Å²) in [6, 6.07) is 0. The van der Waals surface area contributed by atoms with E-state index in [0.717, 1.165) is 19.3 Å². The normalized spacial score (nSPS) is 29.9. The summed E-state index contributed by atoms with van der Waals surface area (Å²) in [5, 5.41) is 18.6. The van der Waals surface area contributed by atoms with E-state index in [1.54, 1.807) is 0 Å². The van der Waals surface area contributed by atoms with E-state index in [4.69, 9.17) is 5.11 Å². The largest absolute Gasteiger partial charge is 0.481 e. The first-order valence-electron chi connectivity index (χ1n) is 6.02. The molecule has 0 unspecified atom stereocenters. The lowest BCUT2D eigenvalue weighted by atomic mass is 9.68. The van der Waals surface area contributed by atoms with E-state index in [2.05, 4.69) is 6.92 Å². The SMILES string of the molecule is CCCCCCCC1(O)CC(C(=O)O)C1. The van der Waals surface area contributed by atoms with E-state index in [1.807, 2.05) is 0 Å². The molecule has 0 bridgehead atoms. The first kappa shape index (κ1) is 12.5. The zero-order chi connectivity index (χ0) is 11.3. The van der Waals surface area contributed by atoms with Crippen molar-refractivity contribution >= 4 is 5.97 Å². The molecule has 3 nitrogen and oxygen atoms in total. The number of aliphatic hydroxyl groups is 1. The fraction of sp³-hybridized carbons (Fsp3) is 0.917. The van der Waals surface area contributed by atoms with Crippen molar-refractivity contribution in [1.29, 1.82) is 0 Å². The molecule has 0 atom stereocenters. The number of unbranched alkanes of at least 4 members (excludes halogenated alkanes) is 4. The second-order valence-electron chi connectivity index (χ2n) is 4.83. The molecule has 1 saturated carbocycles. The van der Waals surface area contributed by atoms with Gasteiger partial charge in [-0.2, -0.15) is 0 Å². The van der Waals surface area contributed by atoms with Crippen LogP contribution in [0.3, 0.4) is 0 Å². The molecule has 2 N–H and O–H groups in total. The van der Waals surface area contributed by atoms with Crippen LogP contribution in [0.15, 0.2) is 0 Å². The minimum absolute atomic E-state index is 0.300. The van der Waals surface area contributed by atoms with Gasteiger partial charge in [-0.3, -0.25) is 4.79 Å². The molecule has 0 amide bonds. The number of aliphatic carboxylic acids is 1. The van der Waals surface area contributed by atoms with Crippen molar-refractivity contribution in [2.24, 2.45) is 5.92 Å². The Morgan fingerprint density at radius 2 is 1.87 bits per heavy atom. The van der Waals surface area contributed by atoms with Crippen molar-refractivity contribution in [3.63, 3.8) is 0 Å². The van der Waals surface area contributed by atoms with Gasteiger partial charge in [0.2, 0.25) is 0 Å². The van der Waals surface area contributed by atoms with Crippen LogP contribution >= 0.6 is 0 Å². The second-order valence-corrected chi connectivity index (χ2v) is 4.83. The highest BCUT2D eigenvalue weighted by atomic mass is 16.4.